The van der Waals surface area contributed by atoms with Crippen LogP contribution < -0.4 is 0 Å². The van der Waals surface area contributed by atoms with Crippen LogP contribution in [0.4, 0.5) is 0 Å². The van der Waals surface area contributed by atoms with Gasteiger partial charge < -0.3 is 9.47 Å². The van der Waals surface area contributed by atoms with Gasteiger partial charge in [0.1, 0.15) is 0 Å². The normalized spacial score (nSPS) is 12.6. The molecule has 0 saturated heterocycles. The average molecular weight is 382 g/mol. The van der Waals surface area contributed by atoms with E-state index >= 15 is 0 Å². The van der Waals surface area contributed by atoms with Crippen LogP contribution >= 0.6 is 45.2 Å². The Morgan fingerprint density at radius 3 is 2.09 bits per heavy atom. The van der Waals surface area contributed by atoms with Crippen molar-refractivity contribution in [2.75, 3.05) is 13.2 Å². The van der Waals surface area contributed by atoms with Gasteiger partial charge in [-0.2, -0.15) is 0 Å². The van der Waals surface area contributed by atoms with Crippen molar-refractivity contribution >= 4 is 45.2 Å². The summed E-state index contributed by atoms with van der Waals surface area (Å²) in [6, 6.07) is 0. The maximum Gasteiger partial charge on any atom is 0.189 e. The Kier molecular flexibility index (Phi) is 8.54. The van der Waals surface area contributed by atoms with Gasteiger partial charge in [0, 0.05) is 13.2 Å². The van der Waals surface area contributed by atoms with Gasteiger partial charge >= 0.3 is 0 Å². The highest BCUT2D eigenvalue weighted by atomic mass is 127. The van der Waals surface area contributed by atoms with Crippen LogP contribution in [0.15, 0.2) is 7.66 Å². The number of rotatable bonds is 5. The maximum atomic E-state index is 5.33. The molecule has 0 fully saturated rings. The molecule has 0 aliphatic rings. The molecular weight excluding hydrogens is 370 g/mol. The molecule has 66 valence electrons. The van der Waals surface area contributed by atoms with Crippen LogP contribution in [0.25, 0.3) is 0 Å². The first-order valence-corrected chi connectivity index (χ1v) is 5.77. The molecular formula is C7H12I2O2. The zero-order chi connectivity index (χ0) is 8.69. The van der Waals surface area contributed by atoms with Crippen molar-refractivity contribution in [1.82, 2.24) is 0 Å². The first kappa shape index (κ1) is 12.1. The lowest BCUT2D eigenvalue weighted by Gasteiger charge is -2.15. The van der Waals surface area contributed by atoms with E-state index in [0.29, 0.717) is 13.2 Å². The van der Waals surface area contributed by atoms with Crippen LogP contribution in [0.2, 0.25) is 0 Å². The van der Waals surface area contributed by atoms with E-state index in [-0.39, 0.29) is 6.29 Å². The Labute approximate surface area is 95.0 Å². The molecule has 0 aromatic heterocycles. The summed E-state index contributed by atoms with van der Waals surface area (Å²) in [6.07, 6.45) is -0.164. The summed E-state index contributed by atoms with van der Waals surface area (Å²) in [5.74, 6) is 0. The van der Waals surface area contributed by atoms with Crippen molar-refractivity contribution in [1.29, 1.82) is 0 Å². The summed E-state index contributed by atoms with van der Waals surface area (Å²) in [6.45, 7) is 5.29. The molecule has 0 saturated carbocycles. The van der Waals surface area contributed by atoms with E-state index in [0.717, 1.165) is 3.58 Å². The van der Waals surface area contributed by atoms with Crippen molar-refractivity contribution in [3.8, 4) is 0 Å². The predicted molar refractivity (Wildman–Crippen MR) is 63.2 cm³/mol. The van der Waals surface area contributed by atoms with E-state index in [1.165, 1.54) is 0 Å². The lowest BCUT2D eigenvalue weighted by molar-refractivity contribution is -0.104. The van der Waals surface area contributed by atoms with Crippen LogP contribution in [0.5, 0.6) is 0 Å². The summed E-state index contributed by atoms with van der Waals surface area (Å²) in [5, 5.41) is 0. The van der Waals surface area contributed by atoms with Crippen molar-refractivity contribution in [2.24, 2.45) is 0 Å². The van der Waals surface area contributed by atoms with Gasteiger partial charge in [-0.15, -0.1) is 0 Å². The van der Waals surface area contributed by atoms with Crippen LogP contribution in [-0.2, 0) is 9.47 Å². The first-order chi connectivity index (χ1) is 5.26. The highest BCUT2D eigenvalue weighted by molar-refractivity contribution is 14.1. The zero-order valence-corrected chi connectivity index (χ0v) is 11.0. The summed E-state index contributed by atoms with van der Waals surface area (Å²) >= 11 is 4.40. The monoisotopic (exact) mass is 382 g/mol. The molecule has 11 heavy (non-hydrogen) atoms. The highest BCUT2D eigenvalue weighted by Gasteiger charge is 2.10. The minimum absolute atomic E-state index is 0.164. The molecule has 0 rings (SSSR count). The fraction of sp³-hybridized carbons (Fsp3) is 0.714. The molecule has 0 radical (unpaired) electrons. The molecule has 4 heteroatoms. The number of hydrogen-bond acceptors (Lipinski definition) is 2. The summed E-state index contributed by atoms with van der Waals surface area (Å²) in [7, 11) is 0. The molecule has 0 bridgehead atoms. The third kappa shape index (κ3) is 5.37. The molecule has 0 aromatic rings. The minimum atomic E-state index is -0.164. The van der Waals surface area contributed by atoms with Crippen molar-refractivity contribution in [3.05, 3.63) is 7.66 Å². The second-order valence-corrected chi connectivity index (χ2v) is 3.61. The maximum absolute atomic E-state index is 5.33. The highest BCUT2D eigenvalue weighted by Crippen LogP contribution is 2.18. The van der Waals surface area contributed by atoms with E-state index in [2.05, 4.69) is 45.2 Å². The van der Waals surface area contributed by atoms with Gasteiger partial charge in [0.05, 0.1) is 3.58 Å². The Morgan fingerprint density at radius 1 is 1.36 bits per heavy atom. The molecule has 0 aromatic carbocycles. The standard InChI is InChI=1S/C7H12I2O2/c1-3-10-7(11-4-2)6(9)5-8/h5,7H,3-4H2,1-2H3/b6-5-. The Hall–Kier alpha value is 1.12. The summed E-state index contributed by atoms with van der Waals surface area (Å²) in [5.41, 5.74) is 0. The predicted octanol–water partition coefficient (Wildman–Crippen LogP) is 3.10. The van der Waals surface area contributed by atoms with E-state index in [1.807, 2.05) is 17.9 Å². The zero-order valence-electron chi connectivity index (χ0n) is 6.64. The first-order valence-electron chi connectivity index (χ1n) is 3.45. The van der Waals surface area contributed by atoms with E-state index < -0.39 is 0 Å². The second kappa shape index (κ2) is 7.75. The molecule has 0 aliphatic heterocycles. The van der Waals surface area contributed by atoms with Crippen LogP contribution in [0, 0.1) is 0 Å². The van der Waals surface area contributed by atoms with Gasteiger partial charge in [0.25, 0.3) is 0 Å². The molecule has 0 N–H and O–H groups in total. The second-order valence-electron chi connectivity index (χ2n) is 1.74. The quantitative estimate of drug-likeness (QED) is 0.538. The van der Waals surface area contributed by atoms with Gasteiger partial charge in [0.15, 0.2) is 6.29 Å². The van der Waals surface area contributed by atoms with Gasteiger partial charge in [-0.1, -0.05) is 22.6 Å². The van der Waals surface area contributed by atoms with E-state index in [1.54, 1.807) is 0 Å². The Balaban J connectivity index is 3.87. The molecule has 0 unspecified atom stereocenters. The van der Waals surface area contributed by atoms with E-state index in [9.17, 15) is 0 Å². The summed E-state index contributed by atoms with van der Waals surface area (Å²) in [4.78, 5) is 0. The molecule has 0 aliphatic carbocycles. The lowest BCUT2D eigenvalue weighted by Crippen LogP contribution is -2.16. The Bertz CT molecular complexity index is 120. The van der Waals surface area contributed by atoms with Gasteiger partial charge in [-0.25, -0.2) is 0 Å². The number of ether oxygens (including phenoxy) is 2. The Morgan fingerprint density at radius 2 is 1.82 bits per heavy atom. The molecule has 0 spiro atoms. The number of halogens is 2. The molecule has 2 nitrogen and oxygen atoms in total. The van der Waals surface area contributed by atoms with Crippen LogP contribution in [-0.4, -0.2) is 19.5 Å². The number of hydrogen-bond donors (Lipinski definition) is 0. The molecule has 0 atom stereocenters. The largest absolute Gasteiger partial charge is 0.348 e. The van der Waals surface area contributed by atoms with Crippen LogP contribution in [0.1, 0.15) is 13.8 Å². The van der Waals surface area contributed by atoms with Crippen LogP contribution in [0.3, 0.4) is 0 Å². The SMILES string of the molecule is CCOC(OCC)/C(I)=C/I. The minimum Gasteiger partial charge on any atom is -0.348 e. The third-order valence-corrected chi connectivity index (χ3v) is 3.65. The smallest absolute Gasteiger partial charge is 0.189 e. The lowest BCUT2D eigenvalue weighted by atomic mass is 10.6. The summed E-state index contributed by atoms with van der Waals surface area (Å²) < 4.78 is 13.7. The third-order valence-electron chi connectivity index (χ3n) is 0.965. The van der Waals surface area contributed by atoms with Crippen molar-refractivity contribution in [3.63, 3.8) is 0 Å². The van der Waals surface area contributed by atoms with Crippen molar-refractivity contribution in [2.45, 2.75) is 20.1 Å². The topological polar surface area (TPSA) is 18.5 Å². The van der Waals surface area contributed by atoms with Gasteiger partial charge in [0.2, 0.25) is 0 Å². The van der Waals surface area contributed by atoms with Gasteiger partial charge in [-0.3, -0.25) is 0 Å². The molecule has 0 amide bonds. The fourth-order valence-corrected chi connectivity index (χ4v) is 1.21. The van der Waals surface area contributed by atoms with Gasteiger partial charge in [-0.05, 0) is 40.5 Å². The average Bonchev–Trinajstić information content (AvgIpc) is 2.03. The fourth-order valence-electron chi connectivity index (χ4n) is 0.562. The van der Waals surface area contributed by atoms with Crippen molar-refractivity contribution < 1.29 is 9.47 Å². The van der Waals surface area contributed by atoms with E-state index in [4.69, 9.17) is 9.47 Å². The molecule has 0 heterocycles.